The van der Waals surface area contributed by atoms with Gasteiger partial charge in [0.15, 0.2) is 6.29 Å². The second-order valence-corrected chi connectivity index (χ2v) is 16.5. The summed E-state index contributed by atoms with van der Waals surface area (Å²) < 4.78 is 71.6. The molecule has 21 heteroatoms. The third-order valence-electron chi connectivity index (χ3n) is 8.65. The van der Waals surface area contributed by atoms with E-state index in [1.54, 1.807) is 41.5 Å². The normalized spacial score (nSPS) is 12.5. The van der Waals surface area contributed by atoms with Crippen LogP contribution in [0, 0.1) is 57.9 Å². The molecule has 66 heavy (non-hydrogen) atoms. The molecule has 0 bridgehead atoms. The van der Waals surface area contributed by atoms with Gasteiger partial charge in [-0.1, -0.05) is 52.6 Å². The van der Waals surface area contributed by atoms with E-state index >= 15 is 0 Å². The van der Waals surface area contributed by atoms with Gasteiger partial charge in [0.1, 0.15) is 29.1 Å². The molecule has 1 fully saturated rings. The molecule has 0 spiro atoms. The topological polar surface area (TPSA) is 179 Å². The molecule has 1 aliphatic heterocycles. The first kappa shape index (κ1) is 59.6. The van der Waals surface area contributed by atoms with E-state index in [0.717, 1.165) is 75.3 Å². The molecule has 5 N–H and O–H groups in total. The zero-order valence-corrected chi connectivity index (χ0v) is 41.3. The summed E-state index contributed by atoms with van der Waals surface area (Å²) in [6.07, 6.45) is 8.04. The zero-order chi connectivity index (χ0) is 49.4. The minimum atomic E-state index is -0.824. The molecular weight excluding hydrogens is 1040 g/mol. The molecule has 0 aliphatic carbocycles. The van der Waals surface area contributed by atoms with Crippen LogP contribution in [0.15, 0.2) is 91.4 Å². The average Bonchev–Trinajstić information content (AvgIpc) is 4.18. The second kappa shape index (κ2) is 34.9. The van der Waals surface area contributed by atoms with Crippen molar-refractivity contribution in [2.75, 3.05) is 42.4 Å². The standard InChI is InChI=1S/C11H12BrFN2.C11H13FN2O.C7H4F2O.C7H5FN2.C4H9BrO.C4H8O.CH2Cl2.H2N2.H2/c1-8(5-12)7-15-11-4-10(13)3-2-9(11)6-14-15;1-8(7-15)6-14-11-4-10(12)3-2-9(11)5-13-14;8-6-2-1-5(4-10)7(9)3-6;8-6-2-1-5-4-9-10-7(5)3-6;1-4(2-5)3-6;1-2-4-5-3-1;2-1-3;1-2;/h2-4,6,8H,5,7H2,1H3;2-5,8,15H,6-7H2,1H3;1-4H;1-4H,(H,9,10);4,6H,2-3H2,1H3;1-4H2;1H2;1-2H;1H/t2*8-;;;4-;;;;/m10..0..../s1. The van der Waals surface area contributed by atoms with Crippen molar-refractivity contribution in [1.82, 2.24) is 29.8 Å². The molecule has 0 unspecified atom stereocenters. The molecule has 4 aromatic carbocycles. The van der Waals surface area contributed by atoms with Crippen LogP contribution in [-0.4, -0.2) is 88.7 Å². The van der Waals surface area contributed by atoms with Crippen molar-refractivity contribution >= 4 is 94.1 Å². The molecule has 1 saturated heterocycles. The van der Waals surface area contributed by atoms with E-state index < -0.39 is 11.6 Å². The van der Waals surface area contributed by atoms with E-state index in [1.807, 2.05) is 18.5 Å². The Morgan fingerprint density at radius 1 is 0.712 bits per heavy atom. The number of benzene rings is 4. The first-order valence-electron chi connectivity index (χ1n) is 20.2. The maximum absolute atomic E-state index is 13.1. The van der Waals surface area contributed by atoms with E-state index in [4.69, 9.17) is 49.2 Å². The first-order chi connectivity index (χ1) is 31.7. The number of aliphatic hydroxyl groups excluding tert-OH is 2. The number of aldehydes is 1. The highest BCUT2D eigenvalue weighted by Crippen LogP contribution is 2.18. The van der Waals surface area contributed by atoms with E-state index in [-0.39, 0.29) is 48.9 Å². The number of alkyl halides is 4. The van der Waals surface area contributed by atoms with Gasteiger partial charge >= 0.3 is 0 Å². The Bertz CT molecular complexity index is 2300. The van der Waals surface area contributed by atoms with Crippen molar-refractivity contribution in [3.05, 3.63) is 126 Å². The highest BCUT2D eigenvalue weighted by atomic mass is 79.9. The van der Waals surface area contributed by atoms with E-state index in [1.165, 1.54) is 49.2 Å². The monoisotopic (exact) mass is 1100 g/mol. The highest BCUT2D eigenvalue weighted by Gasteiger charge is 2.09. The van der Waals surface area contributed by atoms with Gasteiger partial charge in [-0.05, 0) is 97.3 Å². The third kappa shape index (κ3) is 22.9. The van der Waals surface area contributed by atoms with Crippen LogP contribution in [0.5, 0.6) is 0 Å². The Morgan fingerprint density at radius 3 is 1.56 bits per heavy atom. The lowest BCUT2D eigenvalue weighted by Crippen LogP contribution is -2.12. The van der Waals surface area contributed by atoms with Crippen LogP contribution in [0.3, 0.4) is 0 Å². The van der Waals surface area contributed by atoms with Gasteiger partial charge in [0.25, 0.3) is 0 Å². The van der Waals surface area contributed by atoms with Gasteiger partial charge in [-0.2, -0.15) is 15.3 Å². The Balaban J connectivity index is 0.000000787. The third-order valence-corrected chi connectivity index (χ3v) is 10.9. The summed E-state index contributed by atoms with van der Waals surface area (Å²) >= 11 is 16.2. The summed E-state index contributed by atoms with van der Waals surface area (Å²) in [6, 6.07) is 16.7. The van der Waals surface area contributed by atoms with Crippen LogP contribution in [0.25, 0.3) is 32.7 Å². The van der Waals surface area contributed by atoms with Crippen molar-refractivity contribution in [2.45, 2.75) is 46.7 Å². The summed E-state index contributed by atoms with van der Waals surface area (Å²) in [4.78, 5) is 9.98. The van der Waals surface area contributed by atoms with Crippen molar-refractivity contribution in [1.29, 1.82) is 11.1 Å². The zero-order valence-electron chi connectivity index (χ0n) is 36.6. The van der Waals surface area contributed by atoms with E-state index in [0.29, 0.717) is 30.7 Å². The van der Waals surface area contributed by atoms with Gasteiger partial charge in [-0.3, -0.25) is 19.3 Å². The van der Waals surface area contributed by atoms with Crippen LogP contribution >= 0.6 is 55.1 Å². The van der Waals surface area contributed by atoms with Crippen LogP contribution < -0.4 is 0 Å². The molecule has 3 aromatic heterocycles. The van der Waals surface area contributed by atoms with Crippen molar-refractivity contribution in [3.63, 3.8) is 0 Å². The number of fused-ring (bicyclic) bond motifs is 3. The Morgan fingerprint density at radius 2 is 1.15 bits per heavy atom. The number of H-pyrrole nitrogens is 1. The SMILES string of the molecule is C1CCOC1.C[C@H](CBr)Cn1ncc2ccc(F)cc21.C[C@H](CO)CBr.C[C@H](CO)Cn1ncc2ccc(F)cc21.ClCCl.Fc1ccc2cn[nH]c2c1.N=N.O=Cc1ccc(F)cc1F.[HH]. The van der Waals surface area contributed by atoms with Crippen LogP contribution in [0.4, 0.5) is 22.0 Å². The largest absolute Gasteiger partial charge is 0.396 e. The molecule has 0 amide bonds. The predicted molar refractivity (Wildman–Crippen MR) is 261 cm³/mol. The smallest absolute Gasteiger partial charge is 0.152 e. The number of carbonyl (C=O) groups is 1. The summed E-state index contributed by atoms with van der Waals surface area (Å²) in [5.41, 5.74) is 12.2. The summed E-state index contributed by atoms with van der Waals surface area (Å²) in [5.74, 6) is -1.20. The number of aromatic nitrogens is 6. The molecule has 364 valence electrons. The lowest BCUT2D eigenvalue weighted by Gasteiger charge is -2.08. The van der Waals surface area contributed by atoms with Gasteiger partial charge in [0.2, 0.25) is 0 Å². The quantitative estimate of drug-likeness (QED) is 0.0413. The highest BCUT2D eigenvalue weighted by molar-refractivity contribution is 9.09. The Kier molecular flexibility index (Phi) is 31.5. The minimum absolute atomic E-state index is 0. The molecular formula is C45H57Br2Cl2F5N8O4. The predicted octanol–water partition coefficient (Wildman–Crippen LogP) is 12.6. The fraction of sp³-hybridized carbons (Fsp3) is 0.378. The van der Waals surface area contributed by atoms with Crippen LogP contribution in [0.1, 0.15) is 45.4 Å². The fourth-order valence-corrected chi connectivity index (χ4v) is 5.55. The Hall–Kier alpha value is -4.37. The Labute approximate surface area is 408 Å². The maximum atomic E-state index is 13.1. The second-order valence-electron chi connectivity index (χ2n) is 14.4. The molecule has 8 rings (SSSR count). The first-order valence-corrected chi connectivity index (χ1v) is 23.5. The molecule has 12 nitrogen and oxygen atoms in total. The van der Waals surface area contributed by atoms with Crippen LogP contribution in [-0.2, 0) is 17.8 Å². The molecule has 0 radical (unpaired) electrons. The molecule has 4 heterocycles. The number of carbonyl (C=O) groups excluding carboxylic acids is 1. The van der Waals surface area contributed by atoms with Gasteiger partial charge < -0.3 is 14.9 Å². The molecule has 0 saturated carbocycles. The van der Waals surface area contributed by atoms with Gasteiger partial charge in [0.05, 0.1) is 46.0 Å². The van der Waals surface area contributed by atoms with Gasteiger partial charge in [-0.15, -0.1) is 23.2 Å². The van der Waals surface area contributed by atoms with Crippen molar-refractivity contribution < 1.29 is 43.1 Å². The van der Waals surface area contributed by atoms with Gasteiger partial charge in [-0.25, -0.2) is 33.0 Å². The maximum Gasteiger partial charge on any atom is 0.152 e. The lowest BCUT2D eigenvalue weighted by atomic mass is 10.2. The summed E-state index contributed by atoms with van der Waals surface area (Å²) in [6.45, 7) is 9.83. The summed E-state index contributed by atoms with van der Waals surface area (Å²) in [5, 5.41) is 36.9. The number of aliphatic hydroxyl groups is 2. The average molecular weight is 1100 g/mol. The van der Waals surface area contributed by atoms with Crippen molar-refractivity contribution in [3.8, 4) is 0 Å². The summed E-state index contributed by atoms with van der Waals surface area (Å²) in [7, 11) is 0. The number of hydrogen-bond acceptors (Lipinski definition) is 9. The fourth-order valence-electron chi connectivity index (χ4n) is 5.14. The molecule has 3 atom stereocenters. The number of halogens is 9. The number of nitrogens with one attached hydrogen (secondary N) is 3. The number of hydrogen-bond donors (Lipinski definition) is 5. The van der Waals surface area contributed by atoms with Crippen molar-refractivity contribution in [2.24, 2.45) is 17.8 Å². The molecule has 1 aliphatic rings. The number of aromatic amines is 1. The number of nitrogens with zero attached hydrogens (tertiary/aromatic N) is 5. The minimum Gasteiger partial charge on any atom is -0.396 e. The van der Waals surface area contributed by atoms with E-state index in [2.05, 4.69) is 59.2 Å². The van der Waals surface area contributed by atoms with E-state index in [9.17, 15) is 26.7 Å². The lowest BCUT2D eigenvalue weighted by molar-refractivity contribution is 0.111. The number of ether oxygens (including phenoxy) is 1. The van der Waals surface area contributed by atoms with Gasteiger partial charge in [0, 0.05) is 73.8 Å². The number of rotatable bonds is 9. The van der Waals surface area contributed by atoms with Crippen LogP contribution in [0.2, 0.25) is 0 Å². The molecule has 7 aromatic rings.